The van der Waals surface area contributed by atoms with Crippen LogP contribution in [0.25, 0.3) is 0 Å². The fourth-order valence-corrected chi connectivity index (χ4v) is 1.34. The topological polar surface area (TPSA) is 41.7 Å². The zero-order valence-corrected chi connectivity index (χ0v) is 8.94. The van der Waals surface area contributed by atoms with Crippen LogP contribution in [0.3, 0.4) is 0 Å². The lowest BCUT2D eigenvalue weighted by molar-refractivity contribution is 0.197. The monoisotopic (exact) mass is 197 g/mol. The van der Waals surface area contributed by atoms with E-state index in [2.05, 4.69) is 16.8 Å². The first-order valence-corrected chi connectivity index (χ1v) is 4.83. The summed E-state index contributed by atoms with van der Waals surface area (Å²) in [5, 5.41) is 0. The maximum Gasteiger partial charge on any atom is 0.135 e. The molecule has 1 saturated heterocycles. The van der Waals surface area contributed by atoms with Gasteiger partial charge < -0.3 is 20.3 Å². The molecule has 0 amide bonds. The molecule has 1 fully saturated rings. The Morgan fingerprint density at radius 1 is 1.29 bits per heavy atom. The molecular weight excluding hydrogens is 178 g/mol. The molecule has 0 atom stereocenters. The van der Waals surface area contributed by atoms with Crippen LogP contribution in [-0.2, 0) is 4.74 Å². The van der Waals surface area contributed by atoms with Crippen molar-refractivity contribution in [3.05, 3.63) is 24.2 Å². The summed E-state index contributed by atoms with van der Waals surface area (Å²) in [7, 11) is 3.76. The van der Waals surface area contributed by atoms with Crippen molar-refractivity contribution in [1.29, 1.82) is 0 Å². The number of ether oxygens (including phenoxy) is 1. The molecule has 1 aliphatic heterocycles. The fourth-order valence-electron chi connectivity index (χ4n) is 1.34. The van der Waals surface area contributed by atoms with Crippen LogP contribution in [0.5, 0.6) is 0 Å². The van der Waals surface area contributed by atoms with Crippen molar-refractivity contribution in [2.75, 3.05) is 40.3 Å². The van der Waals surface area contributed by atoms with E-state index in [1.54, 1.807) is 7.11 Å². The SMILES string of the molecule is COC(=C\N)/C=C/N1CCN(C)CC1. The lowest BCUT2D eigenvalue weighted by Crippen LogP contribution is -2.41. The Hall–Kier alpha value is -1.16. The Kier molecular flexibility index (Phi) is 4.32. The van der Waals surface area contributed by atoms with Crippen LogP contribution in [0.4, 0.5) is 0 Å². The molecule has 0 bridgehead atoms. The van der Waals surface area contributed by atoms with Gasteiger partial charge >= 0.3 is 0 Å². The van der Waals surface area contributed by atoms with Gasteiger partial charge in [-0.15, -0.1) is 0 Å². The van der Waals surface area contributed by atoms with E-state index in [0.29, 0.717) is 5.76 Å². The van der Waals surface area contributed by atoms with Gasteiger partial charge in [0, 0.05) is 38.6 Å². The van der Waals surface area contributed by atoms with Gasteiger partial charge in [0.05, 0.1) is 7.11 Å². The first-order valence-electron chi connectivity index (χ1n) is 4.83. The molecule has 0 aromatic carbocycles. The molecule has 0 unspecified atom stereocenters. The second-order valence-corrected chi connectivity index (χ2v) is 3.43. The smallest absolute Gasteiger partial charge is 0.135 e. The first kappa shape index (κ1) is 10.9. The van der Waals surface area contributed by atoms with Crippen molar-refractivity contribution in [3.8, 4) is 0 Å². The summed E-state index contributed by atoms with van der Waals surface area (Å²) >= 11 is 0. The van der Waals surface area contributed by atoms with Gasteiger partial charge in [0.25, 0.3) is 0 Å². The van der Waals surface area contributed by atoms with Gasteiger partial charge in [-0.2, -0.15) is 0 Å². The first-order chi connectivity index (χ1) is 6.76. The number of hydrogen-bond acceptors (Lipinski definition) is 4. The van der Waals surface area contributed by atoms with Gasteiger partial charge in [-0.3, -0.25) is 0 Å². The van der Waals surface area contributed by atoms with Gasteiger partial charge in [-0.05, 0) is 13.1 Å². The van der Waals surface area contributed by atoms with Crippen LogP contribution < -0.4 is 5.73 Å². The molecule has 80 valence electrons. The third kappa shape index (κ3) is 3.30. The summed E-state index contributed by atoms with van der Waals surface area (Å²) in [6, 6.07) is 0. The maximum atomic E-state index is 5.36. The summed E-state index contributed by atoms with van der Waals surface area (Å²) in [5.74, 6) is 0.698. The number of hydrogen-bond donors (Lipinski definition) is 1. The van der Waals surface area contributed by atoms with Crippen LogP contribution in [0.1, 0.15) is 0 Å². The highest BCUT2D eigenvalue weighted by Crippen LogP contribution is 2.02. The number of piperazine rings is 1. The van der Waals surface area contributed by atoms with E-state index < -0.39 is 0 Å². The second-order valence-electron chi connectivity index (χ2n) is 3.43. The third-order valence-electron chi connectivity index (χ3n) is 2.39. The van der Waals surface area contributed by atoms with Crippen molar-refractivity contribution >= 4 is 0 Å². The van der Waals surface area contributed by atoms with E-state index >= 15 is 0 Å². The van der Waals surface area contributed by atoms with Crippen LogP contribution in [0.15, 0.2) is 24.2 Å². The highest BCUT2D eigenvalue weighted by Gasteiger charge is 2.09. The molecule has 0 aromatic rings. The van der Waals surface area contributed by atoms with Gasteiger partial charge in [-0.25, -0.2) is 0 Å². The quantitative estimate of drug-likeness (QED) is 0.518. The van der Waals surface area contributed by atoms with Crippen molar-refractivity contribution < 1.29 is 4.74 Å². The molecule has 0 spiro atoms. The standard InChI is InChI=1S/C10H19N3O/c1-12-5-7-13(8-6-12)4-3-10(9-11)14-2/h3-4,9H,5-8,11H2,1-2H3/b4-3+,10-9-. The summed E-state index contributed by atoms with van der Waals surface area (Å²) in [6.45, 7) is 4.35. The lowest BCUT2D eigenvalue weighted by atomic mass is 10.3. The molecular formula is C10H19N3O. The Morgan fingerprint density at radius 2 is 1.93 bits per heavy atom. The minimum Gasteiger partial charge on any atom is -0.495 e. The third-order valence-corrected chi connectivity index (χ3v) is 2.39. The van der Waals surface area contributed by atoms with E-state index in [0.717, 1.165) is 26.2 Å². The number of methoxy groups -OCH3 is 1. The van der Waals surface area contributed by atoms with Crippen molar-refractivity contribution in [1.82, 2.24) is 9.80 Å². The number of nitrogens with zero attached hydrogens (tertiary/aromatic N) is 2. The van der Waals surface area contributed by atoms with Crippen LogP contribution >= 0.6 is 0 Å². The van der Waals surface area contributed by atoms with Crippen molar-refractivity contribution in [3.63, 3.8) is 0 Å². The molecule has 0 radical (unpaired) electrons. The number of nitrogens with two attached hydrogens (primary N) is 1. The van der Waals surface area contributed by atoms with Gasteiger partial charge in [0.1, 0.15) is 5.76 Å². The molecule has 1 heterocycles. The number of allylic oxidation sites excluding steroid dienone is 1. The summed E-state index contributed by atoms with van der Waals surface area (Å²) in [4.78, 5) is 4.59. The molecule has 4 heteroatoms. The van der Waals surface area contributed by atoms with E-state index in [4.69, 9.17) is 10.5 Å². The largest absolute Gasteiger partial charge is 0.495 e. The molecule has 2 N–H and O–H groups in total. The Balaban J connectivity index is 2.37. The van der Waals surface area contributed by atoms with E-state index in [1.165, 1.54) is 6.20 Å². The van der Waals surface area contributed by atoms with Crippen LogP contribution in [-0.4, -0.2) is 50.1 Å². The van der Waals surface area contributed by atoms with E-state index in [1.807, 2.05) is 12.3 Å². The zero-order chi connectivity index (χ0) is 10.4. The van der Waals surface area contributed by atoms with Gasteiger partial charge in [0.15, 0.2) is 0 Å². The minimum absolute atomic E-state index is 0.698. The zero-order valence-electron chi connectivity index (χ0n) is 8.94. The van der Waals surface area contributed by atoms with Gasteiger partial charge in [-0.1, -0.05) is 0 Å². The van der Waals surface area contributed by atoms with Crippen LogP contribution in [0, 0.1) is 0 Å². The molecule has 4 nitrogen and oxygen atoms in total. The Labute approximate surface area is 85.6 Å². The molecule has 1 aliphatic rings. The molecule has 1 rings (SSSR count). The Bertz CT molecular complexity index is 217. The molecule has 0 aromatic heterocycles. The molecule has 0 aliphatic carbocycles. The number of likely N-dealkylation sites (N-methyl/N-ethyl adjacent to an activating group) is 1. The van der Waals surface area contributed by atoms with Crippen molar-refractivity contribution in [2.45, 2.75) is 0 Å². The average molecular weight is 197 g/mol. The highest BCUT2D eigenvalue weighted by atomic mass is 16.5. The van der Waals surface area contributed by atoms with E-state index in [9.17, 15) is 0 Å². The second kappa shape index (κ2) is 5.54. The minimum atomic E-state index is 0.698. The normalized spacial score (nSPS) is 20.4. The predicted molar refractivity (Wildman–Crippen MR) is 57.5 cm³/mol. The van der Waals surface area contributed by atoms with E-state index in [-0.39, 0.29) is 0 Å². The summed E-state index contributed by atoms with van der Waals surface area (Å²) in [6.07, 6.45) is 5.40. The Morgan fingerprint density at radius 3 is 2.43 bits per heavy atom. The van der Waals surface area contributed by atoms with Crippen LogP contribution in [0.2, 0.25) is 0 Å². The lowest BCUT2D eigenvalue weighted by Gasteiger charge is -2.31. The predicted octanol–water partition coefficient (Wildman–Crippen LogP) is 0.194. The number of rotatable bonds is 3. The average Bonchev–Trinajstić information content (AvgIpc) is 2.22. The summed E-state index contributed by atoms with van der Waals surface area (Å²) in [5.41, 5.74) is 5.36. The van der Waals surface area contributed by atoms with Gasteiger partial charge in [0.2, 0.25) is 0 Å². The summed E-state index contributed by atoms with van der Waals surface area (Å²) < 4.78 is 5.02. The molecule has 0 saturated carbocycles. The molecule has 14 heavy (non-hydrogen) atoms. The highest BCUT2D eigenvalue weighted by molar-refractivity contribution is 5.10. The maximum absolute atomic E-state index is 5.36. The fraction of sp³-hybridized carbons (Fsp3) is 0.600. The van der Waals surface area contributed by atoms with Crippen molar-refractivity contribution in [2.24, 2.45) is 5.73 Å².